The van der Waals surface area contributed by atoms with Crippen LogP contribution in [0.25, 0.3) is 0 Å². The lowest BCUT2D eigenvalue weighted by Crippen LogP contribution is -2.37. The van der Waals surface area contributed by atoms with E-state index in [1.54, 1.807) is 0 Å². The Hall–Kier alpha value is -3.07. The van der Waals surface area contributed by atoms with E-state index in [2.05, 4.69) is 22.8 Å². The van der Waals surface area contributed by atoms with Gasteiger partial charge in [0.15, 0.2) is 0 Å². The highest BCUT2D eigenvalue weighted by Gasteiger charge is 2.42. The lowest BCUT2D eigenvalue weighted by atomic mass is 9.78. The second-order valence-corrected chi connectivity index (χ2v) is 7.18. The summed E-state index contributed by atoms with van der Waals surface area (Å²) in [5.41, 5.74) is 3.60. The summed E-state index contributed by atoms with van der Waals surface area (Å²) in [6.45, 7) is 0. The minimum absolute atomic E-state index is 0.106. The summed E-state index contributed by atoms with van der Waals surface area (Å²) in [6, 6.07) is 28.2. The molecule has 0 radical (unpaired) electrons. The Kier molecular flexibility index (Phi) is 4.93. The van der Waals surface area contributed by atoms with Gasteiger partial charge in [-0.2, -0.15) is 0 Å². The second-order valence-electron chi connectivity index (χ2n) is 7.18. The van der Waals surface area contributed by atoms with Gasteiger partial charge < -0.3 is 10.6 Å². The summed E-state index contributed by atoms with van der Waals surface area (Å²) in [6.07, 6.45) is 4.03. The van der Waals surface area contributed by atoms with Crippen LogP contribution in [-0.2, 0) is 10.2 Å². The van der Waals surface area contributed by atoms with E-state index in [0.717, 1.165) is 48.3 Å². The molecule has 1 amide bonds. The first-order chi connectivity index (χ1) is 13.3. The van der Waals surface area contributed by atoms with Crippen molar-refractivity contribution in [2.75, 3.05) is 10.6 Å². The van der Waals surface area contributed by atoms with Crippen molar-refractivity contribution < 1.29 is 4.79 Å². The first-order valence-corrected chi connectivity index (χ1v) is 9.55. The Morgan fingerprint density at radius 2 is 1.19 bits per heavy atom. The van der Waals surface area contributed by atoms with Crippen molar-refractivity contribution in [3.63, 3.8) is 0 Å². The van der Waals surface area contributed by atoms with Gasteiger partial charge in [0, 0.05) is 17.1 Å². The summed E-state index contributed by atoms with van der Waals surface area (Å²) >= 11 is 0. The summed E-state index contributed by atoms with van der Waals surface area (Å²) in [7, 11) is 0. The number of benzene rings is 3. The van der Waals surface area contributed by atoms with Crippen molar-refractivity contribution >= 4 is 23.0 Å². The van der Waals surface area contributed by atoms with Crippen LogP contribution < -0.4 is 10.6 Å². The number of nitrogens with one attached hydrogen (secondary N) is 2. The summed E-state index contributed by atoms with van der Waals surface area (Å²) in [4.78, 5) is 13.2. The third kappa shape index (κ3) is 3.72. The Bertz CT molecular complexity index is 883. The Morgan fingerprint density at radius 1 is 0.667 bits per heavy atom. The maximum atomic E-state index is 13.2. The zero-order valence-electron chi connectivity index (χ0n) is 15.3. The average Bonchev–Trinajstić information content (AvgIpc) is 3.22. The number of hydrogen-bond donors (Lipinski definition) is 2. The molecule has 0 unspecified atom stereocenters. The van der Waals surface area contributed by atoms with Crippen LogP contribution in [0.15, 0.2) is 84.9 Å². The zero-order chi connectivity index (χ0) is 18.5. The van der Waals surface area contributed by atoms with Crippen molar-refractivity contribution in [1.29, 1.82) is 0 Å². The normalized spacial score (nSPS) is 15.3. The largest absolute Gasteiger partial charge is 0.356 e. The van der Waals surface area contributed by atoms with Gasteiger partial charge in [-0.3, -0.25) is 4.79 Å². The molecule has 3 aromatic rings. The van der Waals surface area contributed by atoms with Crippen LogP contribution in [0, 0.1) is 0 Å². The molecule has 0 aromatic heterocycles. The predicted octanol–water partition coefficient (Wildman–Crippen LogP) is 5.88. The molecule has 0 aliphatic heterocycles. The van der Waals surface area contributed by atoms with E-state index in [9.17, 15) is 4.79 Å². The van der Waals surface area contributed by atoms with E-state index in [-0.39, 0.29) is 5.91 Å². The average molecular weight is 356 g/mol. The molecule has 0 saturated heterocycles. The van der Waals surface area contributed by atoms with Crippen LogP contribution in [0.5, 0.6) is 0 Å². The van der Waals surface area contributed by atoms with Crippen LogP contribution in [0.3, 0.4) is 0 Å². The van der Waals surface area contributed by atoms with Gasteiger partial charge in [-0.05, 0) is 54.8 Å². The number of hydrogen-bond acceptors (Lipinski definition) is 2. The number of carbonyl (C=O) groups is 1. The van der Waals surface area contributed by atoms with Crippen LogP contribution in [0.4, 0.5) is 17.1 Å². The van der Waals surface area contributed by atoms with Gasteiger partial charge >= 0.3 is 0 Å². The highest BCUT2D eigenvalue weighted by molar-refractivity contribution is 5.99. The molecule has 0 heterocycles. The van der Waals surface area contributed by atoms with Gasteiger partial charge in [-0.1, -0.05) is 61.4 Å². The van der Waals surface area contributed by atoms with Gasteiger partial charge in [-0.25, -0.2) is 0 Å². The van der Waals surface area contributed by atoms with Crippen molar-refractivity contribution in [2.45, 2.75) is 31.1 Å². The molecule has 1 fully saturated rings. The summed E-state index contributed by atoms with van der Waals surface area (Å²) < 4.78 is 0. The molecule has 27 heavy (non-hydrogen) atoms. The lowest BCUT2D eigenvalue weighted by Gasteiger charge is -2.28. The first kappa shape index (κ1) is 17.3. The third-order valence-electron chi connectivity index (χ3n) is 5.42. The zero-order valence-corrected chi connectivity index (χ0v) is 15.3. The molecule has 3 aromatic carbocycles. The van der Waals surface area contributed by atoms with E-state index in [4.69, 9.17) is 0 Å². The minimum Gasteiger partial charge on any atom is -0.356 e. The summed E-state index contributed by atoms with van der Waals surface area (Å²) in [5.74, 6) is 0.106. The number of para-hydroxylation sites is 1. The number of anilines is 3. The van der Waals surface area contributed by atoms with Gasteiger partial charge in [0.1, 0.15) is 0 Å². The lowest BCUT2D eigenvalue weighted by molar-refractivity contribution is -0.121. The van der Waals surface area contributed by atoms with Crippen LogP contribution >= 0.6 is 0 Å². The predicted molar refractivity (Wildman–Crippen MR) is 111 cm³/mol. The Morgan fingerprint density at radius 3 is 1.81 bits per heavy atom. The van der Waals surface area contributed by atoms with Gasteiger partial charge in [0.2, 0.25) is 5.91 Å². The maximum Gasteiger partial charge on any atom is 0.235 e. The molecule has 3 nitrogen and oxygen atoms in total. The van der Waals surface area contributed by atoms with E-state index in [1.165, 1.54) is 0 Å². The van der Waals surface area contributed by atoms with Crippen LogP contribution in [0.2, 0.25) is 0 Å². The molecule has 1 aliphatic rings. The van der Waals surface area contributed by atoms with Gasteiger partial charge in [0.05, 0.1) is 5.41 Å². The highest BCUT2D eigenvalue weighted by Crippen LogP contribution is 2.42. The topological polar surface area (TPSA) is 41.1 Å². The van der Waals surface area contributed by atoms with Crippen LogP contribution in [0.1, 0.15) is 31.2 Å². The Labute approximate surface area is 160 Å². The molecule has 1 saturated carbocycles. The highest BCUT2D eigenvalue weighted by atomic mass is 16.2. The minimum atomic E-state index is -0.401. The number of amides is 1. The molecule has 4 rings (SSSR count). The van der Waals surface area contributed by atoms with Crippen LogP contribution in [-0.4, -0.2) is 5.91 Å². The van der Waals surface area contributed by atoms with E-state index < -0.39 is 5.41 Å². The first-order valence-electron chi connectivity index (χ1n) is 9.55. The Balaban J connectivity index is 1.49. The molecule has 0 bridgehead atoms. The fourth-order valence-corrected chi connectivity index (χ4v) is 3.96. The van der Waals surface area contributed by atoms with Gasteiger partial charge in [0.25, 0.3) is 0 Å². The van der Waals surface area contributed by atoms with E-state index in [0.29, 0.717) is 0 Å². The van der Waals surface area contributed by atoms with Crippen molar-refractivity contribution in [3.05, 3.63) is 90.5 Å². The monoisotopic (exact) mass is 356 g/mol. The fourth-order valence-electron chi connectivity index (χ4n) is 3.96. The molecular weight excluding hydrogens is 332 g/mol. The molecule has 0 spiro atoms. The quantitative estimate of drug-likeness (QED) is 0.599. The number of rotatable bonds is 5. The second kappa shape index (κ2) is 7.67. The third-order valence-corrected chi connectivity index (χ3v) is 5.42. The van der Waals surface area contributed by atoms with E-state index in [1.807, 2.05) is 72.8 Å². The fraction of sp³-hybridized carbons (Fsp3) is 0.208. The molecular formula is C24H24N2O. The molecule has 3 heteroatoms. The standard InChI is InChI=1S/C24H24N2O/c27-23(24(17-7-8-18-24)19-9-3-1-4-10-19)26-22-15-13-21(14-16-22)25-20-11-5-2-6-12-20/h1-6,9-16,25H,7-8,17-18H2,(H,26,27). The number of carbonyl (C=O) groups excluding carboxylic acids is 1. The SMILES string of the molecule is O=C(Nc1ccc(Nc2ccccc2)cc1)C1(c2ccccc2)CCCC1. The van der Waals surface area contributed by atoms with Crippen molar-refractivity contribution in [2.24, 2.45) is 0 Å². The van der Waals surface area contributed by atoms with Crippen molar-refractivity contribution in [3.8, 4) is 0 Å². The van der Waals surface area contributed by atoms with Crippen molar-refractivity contribution in [1.82, 2.24) is 0 Å². The molecule has 1 aliphatic carbocycles. The maximum absolute atomic E-state index is 13.2. The van der Waals surface area contributed by atoms with E-state index >= 15 is 0 Å². The molecule has 2 N–H and O–H groups in total. The summed E-state index contributed by atoms with van der Waals surface area (Å²) in [5, 5.41) is 6.51. The van der Waals surface area contributed by atoms with Gasteiger partial charge in [-0.15, -0.1) is 0 Å². The smallest absolute Gasteiger partial charge is 0.235 e. The molecule has 0 atom stereocenters. The molecule has 136 valence electrons.